The molecule has 0 radical (unpaired) electrons. The molecule has 98 valence electrons. The van der Waals surface area contributed by atoms with Crippen LogP contribution >= 0.6 is 39.7 Å². The number of rotatable bonds is 2. The van der Waals surface area contributed by atoms with Crippen LogP contribution in [0.5, 0.6) is 5.75 Å². The van der Waals surface area contributed by atoms with Crippen LogP contribution in [0.1, 0.15) is 27.6 Å². The predicted octanol–water partition coefficient (Wildman–Crippen LogP) is 4.30. The van der Waals surface area contributed by atoms with Gasteiger partial charge in [0.25, 0.3) is 0 Å². The standard InChI is InChI=1S/C13H14BrNOS.ClH/c1-7-6-9(16)11(8(2)12(7)14)13(15)10-4-3-5-17-10;/h3-6,13,16H,15H2,1-2H3;1H/t13-;/m1./s1. The molecule has 0 bridgehead atoms. The van der Waals surface area contributed by atoms with Gasteiger partial charge in [-0.1, -0.05) is 22.0 Å². The summed E-state index contributed by atoms with van der Waals surface area (Å²) in [6, 6.07) is 5.43. The van der Waals surface area contributed by atoms with E-state index in [2.05, 4.69) is 15.9 Å². The van der Waals surface area contributed by atoms with Crippen LogP contribution < -0.4 is 5.73 Å². The second-order valence-corrected chi connectivity index (χ2v) is 5.83. The lowest BCUT2D eigenvalue weighted by atomic mass is 9.97. The van der Waals surface area contributed by atoms with Crippen LogP contribution in [0.25, 0.3) is 0 Å². The van der Waals surface area contributed by atoms with Gasteiger partial charge in [-0.3, -0.25) is 0 Å². The monoisotopic (exact) mass is 347 g/mol. The molecule has 1 atom stereocenters. The molecule has 0 aliphatic heterocycles. The van der Waals surface area contributed by atoms with E-state index in [-0.39, 0.29) is 24.2 Å². The van der Waals surface area contributed by atoms with Gasteiger partial charge in [-0.2, -0.15) is 0 Å². The maximum absolute atomic E-state index is 10.1. The molecule has 0 saturated heterocycles. The van der Waals surface area contributed by atoms with Crippen molar-refractivity contribution in [1.29, 1.82) is 0 Å². The third-order valence-electron chi connectivity index (χ3n) is 2.87. The van der Waals surface area contributed by atoms with Crippen molar-refractivity contribution in [3.8, 4) is 5.75 Å². The van der Waals surface area contributed by atoms with Crippen LogP contribution in [0.3, 0.4) is 0 Å². The predicted molar refractivity (Wildman–Crippen MR) is 82.9 cm³/mol. The summed E-state index contributed by atoms with van der Waals surface area (Å²) in [5.74, 6) is 0.268. The van der Waals surface area contributed by atoms with Crippen molar-refractivity contribution in [1.82, 2.24) is 0 Å². The summed E-state index contributed by atoms with van der Waals surface area (Å²) in [6.45, 7) is 3.93. The van der Waals surface area contributed by atoms with Crippen LogP contribution in [0.4, 0.5) is 0 Å². The van der Waals surface area contributed by atoms with Crippen molar-refractivity contribution in [2.24, 2.45) is 5.73 Å². The van der Waals surface area contributed by atoms with Crippen LogP contribution in [0.15, 0.2) is 28.1 Å². The Morgan fingerprint density at radius 1 is 1.39 bits per heavy atom. The van der Waals surface area contributed by atoms with E-state index in [4.69, 9.17) is 5.73 Å². The lowest BCUT2D eigenvalue weighted by molar-refractivity contribution is 0.464. The third kappa shape index (κ3) is 2.72. The van der Waals surface area contributed by atoms with E-state index in [9.17, 15) is 5.11 Å². The largest absolute Gasteiger partial charge is 0.508 e. The Kier molecular flexibility index (Phi) is 5.22. The van der Waals surface area contributed by atoms with Gasteiger partial charge in [-0.25, -0.2) is 0 Å². The fourth-order valence-electron chi connectivity index (χ4n) is 1.96. The zero-order chi connectivity index (χ0) is 12.6. The number of halogens is 2. The molecule has 2 rings (SSSR count). The van der Waals surface area contributed by atoms with Crippen molar-refractivity contribution in [2.75, 3.05) is 0 Å². The number of hydrogen-bond donors (Lipinski definition) is 2. The topological polar surface area (TPSA) is 46.2 Å². The Hall–Kier alpha value is -0.550. The van der Waals surface area contributed by atoms with Gasteiger partial charge in [0, 0.05) is 14.9 Å². The molecule has 0 fully saturated rings. The molecule has 2 aromatic rings. The highest BCUT2D eigenvalue weighted by atomic mass is 79.9. The van der Waals surface area contributed by atoms with Gasteiger partial charge >= 0.3 is 0 Å². The number of thiophene rings is 1. The molecule has 0 unspecified atom stereocenters. The van der Waals surface area contributed by atoms with Gasteiger partial charge in [0.1, 0.15) is 5.75 Å². The van der Waals surface area contributed by atoms with Crippen molar-refractivity contribution < 1.29 is 5.11 Å². The number of hydrogen-bond acceptors (Lipinski definition) is 3. The molecule has 1 heterocycles. The van der Waals surface area contributed by atoms with Crippen molar-refractivity contribution in [3.63, 3.8) is 0 Å². The molecule has 0 aliphatic rings. The molecule has 5 heteroatoms. The summed E-state index contributed by atoms with van der Waals surface area (Å²) in [7, 11) is 0. The zero-order valence-electron chi connectivity index (χ0n) is 10.1. The average Bonchev–Trinajstić information content (AvgIpc) is 2.79. The minimum atomic E-state index is -0.271. The molecule has 1 aromatic heterocycles. The average molecular weight is 349 g/mol. The summed E-state index contributed by atoms with van der Waals surface area (Å²) in [4.78, 5) is 1.05. The maximum atomic E-state index is 10.1. The van der Waals surface area contributed by atoms with E-state index < -0.39 is 0 Å². The number of phenolic OH excluding ortho intramolecular Hbond substituents is 1. The second-order valence-electron chi connectivity index (χ2n) is 4.06. The molecule has 18 heavy (non-hydrogen) atoms. The van der Waals surface area contributed by atoms with E-state index in [0.29, 0.717) is 0 Å². The number of aryl methyl sites for hydroxylation is 1. The Morgan fingerprint density at radius 3 is 2.61 bits per heavy atom. The molecule has 2 nitrogen and oxygen atoms in total. The molecule has 3 N–H and O–H groups in total. The van der Waals surface area contributed by atoms with Crippen molar-refractivity contribution in [2.45, 2.75) is 19.9 Å². The molecular weight excluding hydrogens is 334 g/mol. The van der Waals surface area contributed by atoms with Gasteiger partial charge in [-0.05, 0) is 42.5 Å². The van der Waals surface area contributed by atoms with E-state index in [1.807, 2.05) is 31.4 Å². The Balaban J connectivity index is 0.00000162. The fourth-order valence-corrected chi connectivity index (χ4v) is 3.02. The SMILES string of the molecule is Cc1cc(O)c([C@H](N)c2cccs2)c(C)c1Br.Cl. The molecule has 1 aromatic carbocycles. The molecule has 0 aliphatic carbocycles. The summed E-state index contributed by atoms with van der Waals surface area (Å²) in [5, 5.41) is 12.1. The van der Waals surface area contributed by atoms with Crippen molar-refractivity contribution >= 4 is 39.7 Å². The van der Waals surface area contributed by atoms with Gasteiger partial charge in [0.15, 0.2) is 0 Å². The highest BCUT2D eigenvalue weighted by Crippen LogP contribution is 2.37. The summed E-state index contributed by atoms with van der Waals surface area (Å²) < 4.78 is 1.01. The van der Waals surface area contributed by atoms with Crippen LogP contribution in [0, 0.1) is 13.8 Å². The normalized spacial score (nSPS) is 12.0. The van der Waals surface area contributed by atoms with Gasteiger partial charge in [-0.15, -0.1) is 23.7 Å². The molecular formula is C13H15BrClNOS. The minimum Gasteiger partial charge on any atom is -0.508 e. The van der Waals surface area contributed by atoms with Gasteiger partial charge in [0.05, 0.1) is 6.04 Å². The molecule has 0 saturated carbocycles. The van der Waals surface area contributed by atoms with Crippen molar-refractivity contribution in [3.05, 3.63) is 49.6 Å². The van der Waals surface area contributed by atoms with Crippen LogP contribution in [-0.4, -0.2) is 5.11 Å². The van der Waals surface area contributed by atoms with E-state index in [1.165, 1.54) is 0 Å². The van der Waals surface area contributed by atoms with E-state index >= 15 is 0 Å². The summed E-state index contributed by atoms with van der Waals surface area (Å²) in [5.41, 5.74) is 9.03. The summed E-state index contributed by atoms with van der Waals surface area (Å²) >= 11 is 5.13. The minimum absolute atomic E-state index is 0. The zero-order valence-corrected chi connectivity index (χ0v) is 13.3. The Morgan fingerprint density at radius 2 is 2.06 bits per heavy atom. The molecule has 0 amide bonds. The third-order valence-corrected chi connectivity index (χ3v) is 5.04. The Bertz CT molecular complexity index is 542. The number of aromatic hydroxyl groups is 1. The number of phenols is 1. The Labute approximate surface area is 125 Å². The van der Waals surface area contributed by atoms with Gasteiger partial charge in [0.2, 0.25) is 0 Å². The maximum Gasteiger partial charge on any atom is 0.121 e. The van der Waals surface area contributed by atoms with Crippen LogP contribution in [0.2, 0.25) is 0 Å². The highest BCUT2D eigenvalue weighted by Gasteiger charge is 2.19. The lowest BCUT2D eigenvalue weighted by Crippen LogP contribution is -2.12. The second kappa shape index (κ2) is 6.06. The first-order chi connectivity index (χ1) is 8.02. The van der Waals surface area contributed by atoms with Crippen LogP contribution in [-0.2, 0) is 0 Å². The van der Waals surface area contributed by atoms with Gasteiger partial charge < -0.3 is 10.8 Å². The number of benzene rings is 1. The summed E-state index contributed by atoms with van der Waals surface area (Å²) in [6.07, 6.45) is 0. The first-order valence-electron chi connectivity index (χ1n) is 5.30. The molecule has 0 spiro atoms. The quantitative estimate of drug-likeness (QED) is 0.850. The van der Waals surface area contributed by atoms with E-state index in [0.717, 1.165) is 26.0 Å². The van der Waals surface area contributed by atoms with E-state index in [1.54, 1.807) is 17.4 Å². The first kappa shape index (κ1) is 15.5. The highest BCUT2D eigenvalue weighted by molar-refractivity contribution is 9.10. The fraction of sp³-hybridized carbons (Fsp3) is 0.231. The first-order valence-corrected chi connectivity index (χ1v) is 6.97. The smallest absolute Gasteiger partial charge is 0.121 e. The lowest BCUT2D eigenvalue weighted by Gasteiger charge is -2.17. The number of nitrogens with two attached hydrogens (primary N) is 1.